The molecular weight excluding hydrogens is 323 g/mol. The van der Waals surface area contributed by atoms with E-state index in [1.54, 1.807) is 10.9 Å². The highest BCUT2D eigenvalue weighted by atomic mass is 79.9. The van der Waals surface area contributed by atoms with Crippen LogP contribution in [0.3, 0.4) is 0 Å². The maximum absolute atomic E-state index is 13.1. The summed E-state index contributed by atoms with van der Waals surface area (Å²) in [4.78, 5) is 0. The average molecular weight is 334 g/mol. The Bertz CT molecular complexity index is 573. The van der Waals surface area contributed by atoms with Crippen molar-refractivity contribution < 1.29 is 9.50 Å². The molecule has 0 bridgehead atoms. The molecule has 0 saturated heterocycles. The lowest BCUT2D eigenvalue weighted by Gasteiger charge is -2.14. The number of aliphatic hydroxyl groups excluding tert-OH is 1. The molecule has 6 heteroatoms. The van der Waals surface area contributed by atoms with Crippen LogP contribution in [-0.2, 0) is 6.54 Å². The molecule has 96 valence electrons. The zero-order chi connectivity index (χ0) is 13.3. The minimum atomic E-state index is -0.903. The Labute approximate surface area is 117 Å². The first-order valence-corrected chi connectivity index (χ1v) is 6.56. The molecule has 3 nitrogen and oxygen atoms in total. The molecule has 1 unspecified atom stereocenters. The standard InChI is InChI=1S/C12H11BrClFN2O/c1-2-17-11(8(13)6-16-17)12(18)7-3-4-10(15)9(14)5-7/h3-6,12,18H,2H2,1H3. The fourth-order valence-corrected chi connectivity index (χ4v) is 2.44. The van der Waals surface area contributed by atoms with E-state index in [1.165, 1.54) is 18.2 Å². The van der Waals surface area contributed by atoms with Gasteiger partial charge in [-0.1, -0.05) is 17.7 Å². The number of halogens is 3. The Morgan fingerprint density at radius 2 is 2.28 bits per heavy atom. The van der Waals surface area contributed by atoms with Crippen LogP contribution in [0, 0.1) is 5.82 Å². The summed E-state index contributed by atoms with van der Waals surface area (Å²) >= 11 is 9.05. The Morgan fingerprint density at radius 3 is 2.89 bits per heavy atom. The number of aryl methyl sites for hydroxylation is 1. The number of aromatic nitrogens is 2. The maximum Gasteiger partial charge on any atom is 0.141 e. The minimum absolute atomic E-state index is 0.00904. The van der Waals surface area contributed by atoms with Gasteiger partial charge in [-0.15, -0.1) is 0 Å². The Hall–Kier alpha value is -0.910. The van der Waals surface area contributed by atoms with Crippen LogP contribution in [0.2, 0.25) is 5.02 Å². The van der Waals surface area contributed by atoms with Crippen molar-refractivity contribution in [2.75, 3.05) is 0 Å². The van der Waals surface area contributed by atoms with Crippen molar-refractivity contribution in [2.24, 2.45) is 0 Å². The third kappa shape index (κ3) is 2.43. The molecule has 0 amide bonds. The third-order valence-corrected chi connectivity index (χ3v) is 3.55. The lowest BCUT2D eigenvalue weighted by molar-refractivity contribution is 0.207. The molecule has 0 fully saturated rings. The molecule has 18 heavy (non-hydrogen) atoms. The molecule has 1 heterocycles. The Kier molecular flexibility index (Phi) is 4.04. The number of aliphatic hydroxyl groups is 1. The van der Waals surface area contributed by atoms with E-state index in [0.717, 1.165) is 0 Å². The molecule has 0 radical (unpaired) electrons. The zero-order valence-corrected chi connectivity index (χ0v) is 11.9. The predicted molar refractivity (Wildman–Crippen MR) is 71.1 cm³/mol. The lowest BCUT2D eigenvalue weighted by Crippen LogP contribution is -2.09. The molecule has 2 rings (SSSR count). The first kappa shape index (κ1) is 13.5. The van der Waals surface area contributed by atoms with Gasteiger partial charge in [0.05, 0.1) is 21.4 Å². The van der Waals surface area contributed by atoms with E-state index in [4.69, 9.17) is 11.6 Å². The van der Waals surface area contributed by atoms with E-state index in [1.807, 2.05) is 6.92 Å². The molecule has 0 saturated carbocycles. The van der Waals surface area contributed by atoms with Crippen molar-refractivity contribution in [3.8, 4) is 0 Å². The Balaban J connectivity index is 2.44. The van der Waals surface area contributed by atoms with Crippen molar-refractivity contribution in [1.29, 1.82) is 0 Å². The van der Waals surface area contributed by atoms with E-state index in [-0.39, 0.29) is 5.02 Å². The van der Waals surface area contributed by atoms with Gasteiger partial charge in [-0.2, -0.15) is 5.10 Å². The van der Waals surface area contributed by atoms with Gasteiger partial charge in [0.25, 0.3) is 0 Å². The van der Waals surface area contributed by atoms with E-state index in [0.29, 0.717) is 22.3 Å². The number of hydrogen-bond acceptors (Lipinski definition) is 2. The highest BCUT2D eigenvalue weighted by Gasteiger charge is 2.19. The largest absolute Gasteiger partial charge is 0.382 e. The molecule has 1 N–H and O–H groups in total. The SMILES string of the molecule is CCn1ncc(Br)c1C(O)c1ccc(F)c(Cl)c1. The summed E-state index contributed by atoms with van der Waals surface area (Å²) in [6, 6.07) is 4.16. The molecule has 1 aromatic heterocycles. The molecule has 0 aliphatic carbocycles. The second kappa shape index (κ2) is 5.38. The molecule has 0 spiro atoms. The molecule has 0 aliphatic rings. The van der Waals surface area contributed by atoms with Crippen LogP contribution in [0.4, 0.5) is 4.39 Å². The fourth-order valence-electron chi connectivity index (χ4n) is 1.74. The fraction of sp³-hybridized carbons (Fsp3) is 0.250. The maximum atomic E-state index is 13.1. The summed E-state index contributed by atoms with van der Waals surface area (Å²) in [5, 5.41) is 14.4. The topological polar surface area (TPSA) is 38.0 Å². The van der Waals surface area contributed by atoms with Crippen LogP contribution in [0.5, 0.6) is 0 Å². The number of benzene rings is 1. The summed E-state index contributed by atoms with van der Waals surface area (Å²) in [6.45, 7) is 2.56. The average Bonchev–Trinajstić information content (AvgIpc) is 2.73. The quantitative estimate of drug-likeness (QED) is 0.933. The molecule has 2 aromatic rings. The van der Waals surface area contributed by atoms with Crippen molar-refractivity contribution >= 4 is 27.5 Å². The molecular formula is C12H11BrClFN2O. The lowest BCUT2D eigenvalue weighted by atomic mass is 10.1. The highest BCUT2D eigenvalue weighted by molar-refractivity contribution is 9.10. The molecule has 1 aromatic carbocycles. The molecule has 1 atom stereocenters. The van der Waals surface area contributed by atoms with E-state index in [9.17, 15) is 9.50 Å². The van der Waals surface area contributed by atoms with Crippen molar-refractivity contribution in [2.45, 2.75) is 19.6 Å². The monoisotopic (exact) mass is 332 g/mol. The second-order valence-electron chi connectivity index (χ2n) is 3.77. The van der Waals surface area contributed by atoms with Crippen LogP contribution in [0.15, 0.2) is 28.9 Å². The first-order valence-electron chi connectivity index (χ1n) is 5.38. The van der Waals surface area contributed by atoms with Gasteiger partial charge in [-0.3, -0.25) is 4.68 Å². The van der Waals surface area contributed by atoms with E-state index >= 15 is 0 Å². The highest BCUT2D eigenvalue weighted by Crippen LogP contribution is 2.30. The summed E-state index contributed by atoms with van der Waals surface area (Å²) in [5.74, 6) is -0.504. The van der Waals surface area contributed by atoms with Gasteiger partial charge < -0.3 is 5.11 Å². The van der Waals surface area contributed by atoms with Crippen LogP contribution in [0.25, 0.3) is 0 Å². The van der Waals surface area contributed by atoms with Gasteiger partial charge in [-0.25, -0.2) is 4.39 Å². The normalized spacial score (nSPS) is 12.7. The third-order valence-electron chi connectivity index (χ3n) is 2.65. The van der Waals surface area contributed by atoms with Gasteiger partial charge in [-0.05, 0) is 40.5 Å². The summed E-state index contributed by atoms with van der Waals surface area (Å²) < 4.78 is 15.5. The van der Waals surface area contributed by atoms with Gasteiger partial charge in [0.1, 0.15) is 11.9 Å². The minimum Gasteiger partial charge on any atom is -0.382 e. The van der Waals surface area contributed by atoms with Crippen LogP contribution < -0.4 is 0 Å². The Morgan fingerprint density at radius 1 is 1.56 bits per heavy atom. The molecule has 0 aliphatic heterocycles. The van der Waals surface area contributed by atoms with Crippen LogP contribution >= 0.6 is 27.5 Å². The van der Waals surface area contributed by atoms with Crippen LogP contribution in [0.1, 0.15) is 24.3 Å². The summed E-state index contributed by atoms with van der Waals surface area (Å²) in [5.41, 5.74) is 1.15. The smallest absolute Gasteiger partial charge is 0.141 e. The first-order chi connectivity index (χ1) is 8.54. The number of hydrogen-bond donors (Lipinski definition) is 1. The number of rotatable bonds is 3. The van der Waals surface area contributed by atoms with Gasteiger partial charge >= 0.3 is 0 Å². The van der Waals surface area contributed by atoms with Gasteiger partial charge in [0.2, 0.25) is 0 Å². The second-order valence-corrected chi connectivity index (χ2v) is 5.03. The zero-order valence-electron chi connectivity index (χ0n) is 9.57. The summed E-state index contributed by atoms with van der Waals surface area (Å²) in [7, 11) is 0. The van der Waals surface area contributed by atoms with Crippen molar-refractivity contribution in [3.05, 3.63) is 51.0 Å². The van der Waals surface area contributed by atoms with E-state index < -0.39 is 11.9 Å². The summed E-state index contributed by atoms with van der Waals surface area (Å²) in [6.07, 6.45) is 0.715. The number of nitrogens with zero attached hydrogens (tertiary/aromatic N) is 2. The van der Waals surface area contributed by atoms with Gasteiger partial charge in [0.15, 0.2) is 0 Å². The van der Waals surface area contributed by atoms with Gasteiger partial charge in [0, 0.05) is 6.54 Å². The van der Waals surface area contributed by atoms with Crippen molar-refractivity contribution in [1.82, 2.24) is 9.78 Å². The predicted octanol–water partition coefficient (Wildman–Crippen LogP) is 3.54. The van der Waals surface area contributed by atoms with Crippen LogP contribution in [-0.4, -0.2) is 14.9 Å². The van der Waals surface area contributed by atoms with Crippen molar-refractivity contribution in [3.63, 3.8) is 0 Å². The van der Waals surface area contributed by atoms with E-state index in [2.05, 4.69) is 21.0 Å².